The highest BCUT2D eigenvalue weighted by molar-refractivity contribution is 5.92. The summed E-state index contributed by atoms with van der Waals surface area (Å²) in [7, 11) is 0. The van der Waals surface area contributed by atoms with Crippen molar-refractivity contribution in [1.29, 1.82) is 0 Å². The molecule has 0 aliphatic carbocycles. The lowest BCUT2D eigenvalue weighted by Crippen LogP contribution is -2.00. The first-order valence-electron chi connectivity index (χ1n) is 4.25. The Bertz CT molecular complexity index is 516. The Labute approximate surface area is 80.2 Å². The Hall–Kier alpha value is -1.71. The van der Waals surface area contributed by atoms with Crippen molar-refractivity contribution in [3.8, 4) is 0 Å². The van der Waals surface area contributed by atoms with Crippen LogP contribution < -0.4 is 0 Å². The normalized spacial score (nSPS) is 10.8. The van der Waals surface area contributed by atoms with Gasteiger partial charge < -0.3 is 0 Å². The monoisotopic (exact) mass is 192 g/mol. The van der Waals surface area contributed by atoms with Gasteiger partial charge in [-0.05, 0) is 19.1 Å². The third-order valence-corrected chi connectivity index (χ3v) is 2.10. The molecule has 0 aliphatic heterocycles. The van der Waals surface area contributed by atoms with Gasteiger partial charge >= 0.3 is 0 Å². The number of imidazole rings is 1. The van der Waals surface area contributed by atoms with E-state index in [0.717, 1.165) is 0 Å². The van der Waals surface area contributed by atoms with E-state index in [1.807, 2.05) is 0 Å². The summed E-state index contributed by atoms with van der Waals surface area (Å²) in [5.41, 5.74) is 0.908. The summed E-state index contributed by atoms with van der Waals surface area (Å²) in [4.78, 5) is 15.2. The summed E-state index contributed by atoms with van der Waals surface area (Å²) in [5.74, 6) is -0.249. The number of rotatable bonds is 1. The molecule has 0 unspecified atom stereocenters. The molecule has 4 heteroatoms. The lowest BCUT2D eigenvalue weighted by atomic mass is 10.3. The topological polar surface area (TPSA) is 34.4 Å². The summed E-state index contributed by atoms with van der Waals surface area (Å²) in [6.45, 7) is 3.10. The minimum Gasteiger partial charge on any atom is -0.294 e. The quantitative estimate of drug-likeness (QED) is 0.647. The van der Waals surface area contributed by atoms with Crippen LogP contribution in [0.5, 0.6) is 0 Å². The Morgan fingerprint density at radius 3 is 2.93 bits per heavy atom. The van der Waals surface area contributed by atoms with Crippen LogP contribution in [0.1, 0.15) is 23.2 Å². The Kier molecular flexibility index (Phi) is 1.84. The van der Waals surface area contributed by atoms with Gasteiger partial charge in [-0.15, -0.1) is 0 Å². The van der Waals surface area contributed by atoms with Gasteiger partial charge in [0.25, 0.3) is 0 Å². The van der Waals surface area contributed by atoms with E-state index in [4.69, 9.17) is 0 Å². The van der Waals surface area contributed by atoms with Crippen molar-refractivity contribution in [2.24, 2.45) is 0 Å². The van der Waals surface area contributed by atoms with Gasteiger partial charge in [-0.25, -0.2) is 9.37 Å². The van der Waals surface area contributed by atoms with Gasteiger partial charge in [0, 0.05) is 13.1 Å². The second-order valence-electron chi connectivity index (χ2n) is 3.15. The lowest BCUT2D eigenvalue weighted by Gasteiger charge is -1.97. The molecule has 0 N–H and O–H groups in total. The van der Waals surface area contributed by atoms with Crippen LogP contribution in [0.25, 0.3) is 5.52 Å². The number of hydrogen-bond donors (Lipinski definition) is 0. The summed E-state index contributed by atoms with van der Waals surface area (Å²) in [5, 5.41) is 0. The molecule has 0 atom stereocenters. The molecule has 0 aliphatic rings. The zero-order chi connectivity index (χ0) is 10.3. The molecule has 2 rings (SSSR count). The fraction of sp³-hybridized carbons (Fsp3) is 0.200. The Morgan fingerprint density at radius 1 is 1.57 bits per heavy atom. The molecule has 2 heterocycles. The lowest BCUT2D eigenvalue weighted by molar-refractivity contribution is 0.100. The number of Topliss-reactive ketones (excluding diaryl/α,β-unsaturated/α-hetero) is 1. The first-order valence-corrected chi connectivity index (χ1v) is 4.25. The number of carbonyl (C=O) groups excluding carboxylic acids is 1. The molecule has 0 spiro atoms. The maximum atomic E-state index is 13.4. The van der Waals surface area contributed by atoms with Gasteiger partial charge in [-0.2, -0.15) is 0 Å². The van der Waals surface area contributed by atoms with Gasteiger partial charge in [0.05, 0.1) is 5.69 Å². The first kappa shape index (κ1) is 8.87. The van der Waals surface area contributed by atoms with Crippen molar-refractivity contribution < 1.29 is 9.18 Å². The van der Waals surface area contributed by atoms with E-state index in [-0.39, 0.29) is 17.4 Å². The van der Waals surface area contributed by atoms with E-state index in [0.29, 0.717) is 11.2 Å². The van der Waals surface area contributed by atoms with Crippen LogP contribution in [0.4, 0.5) is 4.39 Å². The number of aromatic nitrogens is 2. The summed E-state index contributed by atoms with van der Waals surface area (Å²) >= 11 is 0. The van der Waals surface area contributed by atoms with E-state index in [1.165, 1.54) is 17.4 Å². The molecule has 0 aromatic carbocycles. The molecular weight excluding hydrogens is 183 g/mol. The van der Waals surface area contributed by atoms with E-state index < -0.39 is 0 Å². The van der Waals surface area contributed by atoms with E-state index in [1.54, 1.807) is 19.2 Å². The number of hydrogen-bond acceptors (Lipinski definition) is 2. The van der Waals surface area contributed by atoms with Crippen LogP contribution >= 0.6 is 0 Å². The minimum atomic E-state index is -0.356. The first-order chi connectivity index (χ1) is 6.61. The SMILES string of the molecule is CC(=O)c1nc(C)c2c(F)cccn12. The number of pyridine rings is 1. The van der Waals surface area contributed by atoms with Crippen LogP contribution in [-0.4, -0.2) is 15.2 Å². The molecule has 72 valence electrons. The second kappa shape index (κ2) is 2.90. The van der Waals surface area contributed by atoms with Gasteiger partial charge in [-0.3, -0.25) is 9.20 Å². The molecule has 2 aromatic heterocycles. The van der Waals surface area contributed by atoms with Crippen molar-refractivity contribution in [2.75, 3.05) is 0 Å². The number of halogens is 1. The maximum Gasteiger partial charge on any atom is 0.195 e. The highest BCUT2D eigenvalue weighted by Gasteiger charge is 2.13. The smallest absolute Gasteiger partial charge is 0.195 e. The molecule has 2 aromatic rings. The minimum absolute atomic E-state index is 0.168. The molecule has 0 bridgehead atoms. The van der Waals surface area contributed by atoms with Gasteiger partial charge in [-0.1, -0.05) is 0 Å². The number of aryl methyl sites for hydroxylation is 1. The number of carbonyl (C=O) groups is 1. The van der Waals surface area contributed by atoms with Crippen LogP contribution in [0.2, 0.25) is 0 Å². The van der Waals surface area contributed by atoms with Crippen molar-refractivity contribution >= 4 is 11.3 Å². The summed E-state index contributed by atoms with van der Waals surface area (Å²) < 4.78 is 14.8. The molecule has 0 saturated heterocycles. The van der Waals surface area contributed by atoms with Crippen LogP contribution in [0.3, 0.4) is 0 Å². The molecular formula is C10H9FN2O. The zero-order valence-electron chi connectivity index (χ0n) is 7.91. The second-order valence-corrected chi connectivity index (χ2v) is 3.15. The predicted octanol–water partition coefficient (Wildman–Crippen LogP) is 1.98. The fourth-order valence-corrected chi connectivity index (χ4v) is 1.52. The Morgan fingerprint density at radius 2 is 2.29 bits per heavy atom. The van der Waals surface area contributed by atoms with Crippen LogP contribution in [-0.2, 0) is 0 Å². The summed E-state index contributed by atoms with van der Waals surface area (Å²) in [6.07, 6.45) is 1.63. The number of ketones is 1. The van der Waals surface area contributed by atoms with E-state index >= 15 is 0 Å². The molecule has 0 fully saturated rings. The van der Waals surface area contributed by atoms with Crippen molar-refractivity contribution in [3.05, 3.63) is 35.7 Å². The van der Waals surface area contributed by atoms with E-state index in [2.05, 4.69) is 4.98 Å². The molecule has 0 radical (unpaired) electrons. The fourth-order valence-electron chi connectivity index (χ4n) is 1.52. The van der Waals surface area contributed by atoms with Gasteiger partial charge in [0.15, 0.2) is 11.6 Å². The zero-order valence-corrected chi connectivity index (χ0v) is 7.91. The third kappa shape index (κ3) is 1.11. The molecule has 0 amide bonds. The summed E-state index contributed by atoms with van der Waals surface area (Å²) in [6, 6.07) is 2.91. The van der Waals surface area contributed by atoms with E-state index in [9.17, 15) is 9.18 Å². The average Bonchev–Trinajstić information content (AvgIpc) is 2.45. The largest absolute Gasteiger partial charge is 0.294 e. The molecule has 0 saturated carbocycles. The van der Waals surface area contributed by atoms with Crippen molar-refractivity contribution in [1.82, 2.24) is 9.38 Å². The van der Waals surface area contributed by atoms with Gasteiger partial charge in [0.2, 0.25) is 0 Å². The van der Waals surface area contributed by atoms with Crippen LogP contribution in [0, 0.1) is 12.7 Å². The van der Waals surface area contributed by atoms with Gasteiger partial charge in [0.1, 0.15) is 11.3 Å². The highest BCUT2D eigenvalue weighted by Crippen LogP contribution is 2.16. The standard InChI is InChI=1S/C10H9FN2O/c1-6-9-8(11)4-3-5-13(9)10(12-6)7(2)14/h3-5H,1-2H3. The van der Waals surface area contributed by atoms with Crippen LogP contribution in [0.15, 0.2) is 18.3 Å². The molecule has 3 nitrogen and oxygen atoms in total. The average molecular weight is 192 g/mol. The Balaban J connectivity index is 2.91. The maximum absolute atomic E-state index is 13.4. The van der Waals surface area contributed by atoms with Crippen molar-refractivity contribution in [2.45, 2.75) is 13.8 Å². The third-order valence-electron chi connectivity index (χ3n) is 2.10. The van der Waals surface area contributed by atoms with Crippen molar-refractivity contribution in [3.63, 3.8) is 0 Å². The highest BCUT2D eigenvalue weighted by atomic mass is 19.1. The predicted molar refractivity (Wildman–Crippen MR) is 49.9 cm³/mol. The molecule has 14 heavy (non-hydrogen) atoms. The number of fused-ring (bicyclic) bond motifs is 1. The number of nitrogens with zero attached hydrogens (tertiary/aromatic N) is 2.